The molecule has 61 heavy (non-hydrogen) atoms. The van der Waals surface area contributed by atoms with Crippen LogP contribution in [0.25, 0.3) is 77.2 Å². The van der Waals surface area contributed by atoms with Gasteiger partial charge in [-0.2, -0.15) is 0 Å². The van der Waals surface area contributed by atoms with Crippen LogP contribution in [0.3, 0.4) is 0 Å². The van der Waals surface area contributed by atoms with Gasteiger partial charge in [0.2, 0.25) is 0 Å². The highest BCUT2D eigenvalue weighted by molar-refractivity contribution is 6.10. The van der Waals surface area contributed by atoms with E-state index in [0.717, 1.165) is 44.9 Å². The van der Waals surface area contributed by atoms with E-state index in [4.69, 9.17) is 0 Å². The number of hydrogen-bond donors (Lipinski definition) is 0. The summed E-state index contributed by atoms with van der Waals surface area (Å²) in [5.74, 6) is 0. The van der Waals surface area contributed by atoms with E-state index in [-0.39, 0.29) is 5.41 Å². The Morgan fingerprint density at radius 3 is 1.44 bits per heavy atom. The molecule has 0 spiro atoms. The number of nitrogens with zero attached hydrogens (tertiary/aromatic N) is 1. The van der Waals surface area contributed by atoms with Gasteiger partial charge < -0.3 is 4.90 Å². The smallest absolute Gasteiger partial charge is 0.0546 e. The standard InChI is InChI=1S/C60H47N/c1-60(2,3)48-38-35-45(36-39-48)51-28-12-14-33-56(51)61(57-34-15-13-29-54(57)55-32-18-26-46-25-17-31-53(59(46)55)44-21-8-5-9-22-44)58-41-47(37-40-52(58)43-19-6-4-7-20-43)50-30-16-24-42-23-10-11-27-49(42)50/h4-41H,1-3H3. The first kappa shape index (κ1) is 37.8. The molecule has 0 N–H and O–H groups in total. The summed E-state index contributed by atoms with van der Waals surface area (Å²) in [6.45, 7) is 6.83. The average molecular weight is 782 g/mol. The van der Waals surface area contributed by atoms with Crippen LogP contribution in [-0.4, -0.2) is 0 Å². The maximum Gasteiger partial charge on any atom is 0.0546 e. The van der Waals surface area contributed by atoms with Gasteiger partial charge in [0.1, 0.15) is 0 Å². The number of hydrogen-bond acceptors (Lipinski definition) is 1. The maximum absolute atomic E-state index is 2.53. The van der Waals surface area contributed by atoms with E-state index < -0.39 is 0 Å². The largest absolute Gasteiger partial charge is 0.309 e. The molecule has 0 aliphatic heterocycles. The number of para-hydroxylation sites is 2. The number of rotatable bonds is 8. The molecule has 0 bridgehead atoms. The summed E-state index contributed by atoms with van der Waals surface area (Å²) in [5.41, 5.74) is 16.5. The summed E-state index contributed by atoms with van der Waals surface area (Å²) >= 11 is 0. The average Bonchev–Trinajstić information content (AvgIpc) is 3.32. The molecule has 0 heterocycles. The molecule has 0 unspecified atom stereocenters. The highest BCUT2D eigenvalue weighted by Crippen LogP contribution is 2.50. The fraction of sp³-hybridized carbons (Fsp3) is 0.0667. The number of fused-ring (bicyclic) bond motifs is 2. The lowest BCUT2D eigenvalue weighted by Crippen LogP contribution is -2.14. The van der Waals surface area contributed by atoms with E-state index in [2.05, 4.69) is 256 Å². The van der Waals surface area contributed by atoms with E-state index in [1.54, 1.807) is 0 Å². The lowest BCUT2D eigenvalue weighted by molar-refractivity contribution is 0.590. The molecular formula is C60H47N. The second-order valence-electron chi connectivity index (χ2n) is 16.9. The molecule has 0 saturated heterocycles. The lowest BCUT2D eigenvalue weighted by Gasteiger charge is -2.32. The minimum Gasteiger partial charge on any atom is -0.309 e. The Bertz CT molecular complexity index is 3140. The third kappa shape index (κ3) is 7.19. The van der Waals surface area contributed by atoms with Gasteiger partial charge in [-0.05, 0) is 89.7 Å². The Morgan fingerprint density at radius 1 is 0.295 bits per heavy atom. The molecule has 10 aromatic rings. The highest BCUT2D eigenvalue weighted by atomic mass is 15.1. The van der Waals surface area contributed by atoms with E-state index in [1.807, 2.05) is 0 Å². The molecule has 1 heteroatoms. The van der Waals surface area contributed by atoms with Crippen LogP contribution in [0.5, 0.6) is 0 Å². The maximum atomic E-state index is 2.53. The van der Waals surface area contributed by atoms with Crippen LogP contribution in [0.15, 0.2) is 231 Å². The molecule has 10 aromatic carbocycles. The Labute approximate surface area is 359 Å². The van der Waals surface area contributed by atoms with Crippen molar-refractivity contribution < 1.29 is 0 Å². The van der Waals surface area contributed by atoms with Gasteiger partial charge in [-0.15, -0.1) is 0 Å². The first-order valence-electron chi connectivity index (χ1n) is 21.3. The molecule has 0 fully saturated rings. The zero-order valence-corrected chi connectivity index (χ0v) is 34.9. The Morgan fingerprint density at radius 2 is 0.754 bits per heavy atom. The Balaban J connectivity index is 1.29. The fourth-order valence-corrected chi connectivity index (χ4v) is 9.00. The van der Waals surface area contributed by atoms with Gasteiger partial charge in [0.05, 0.1) is 17.1 Å². The van der Waals surface area contributed by atoms with Crippen molar-refractivity contribution in [3.63, 3.8) is 0 Å². The van der Waals surface area contributed by atoms with E-state index in [0.29, 0.717) is 0 Å². The number of benzene rings is 10. The quantitative estimate of drug-likeness (QED) is 0.148. The second kappa shape index (κ2) is 15.9. The zero-order chi connectivity index (χ0) is 41.3. The molecule has 10 rings (SSSR count). The van der Waals surface area contributed by atoms with Crippen molar-refractivity contribution in [3.8, 4) is 55.6 Å². The summed E-state index contributed by atoms with van der Waals surface area (Å²) in [7, 11) is 0. The van der Waals surface area contributed by atoms with Crippen LogP contribution < -0.4 is 4.90 Å². The van der Waals surface area contributed by atoms with Crippen LogP contribution in [0.1, 0.15) is 26.3 Å². The molecule has 0 aliphatic carbocycles. The van der Waals surface area contributed by atoms with Crippen molar-refractivity contribution in [2.75, 3.05) is 4.90 Å². The molecule has 0 amide bonds. The monoisotopic (exact) mass is 781 g/mol. The van der Waals surface area contributed by atoms with Crippen molar-refractivity contribution in [2.24, 2.45) is 0 Å². The molecular weight excluding hydrogens is 735 g/mol. The Kier molecular flexibility index (Phi) is 9.87. The van der Waals surface area contributed by atoms with Crippen molar-refractivity contribution in [1.82, 2.24) is 0 Å². The lowest BCUT2D eigenvalue weighted by atomic mass is 9.86. The third-order valence-electron chi connectivity index (χ3n) is 12.1. The zero-order valence-electron chi connectivity index (χ0n) is 34.9. The molecule has 0 aliphatic rings. The van der Waals surface area contributed by atoms with Gasteiger partial charge in [-0.25, -0.2) is 0 Å². The normalized spacial score (nSPS) is 11.5. The van der Waals surface area contributed by atoms with Crippen LogP contribution >= 0.6 is 0 Å². The van der Waals surface area contributed by atoms with Gasteiger partial charge in [0, 0.05) is 16.7 Å². The van der Waals surface area contributed by atoms with Crippen molar-refractivity contribution in [3.05, 3.63) is 236 Å². The fourth-order valence-electron chi connectivity index (χ4n) is 9.00. The third-order valence-corrected chi connectivity index (χ3v) is 12.1. The van der Waals surface area contributed by atoms with Crippen LogP contribution in [0, 0.1) is 0 Å². The predicted molar refractivity (Wildman–Crippen MR) is 262 cm³/mol. The first-order chi connectivity index (χ1) is 29.9. The highest BCUT2D eigenvalue weighted by Gasteiger charge is 2.25. The summed E-state index contributed by atoms with van der Waals surface area (Å²) in [6.07, 6.45) is 0. The summed E-state index contributed by atoms with van der Waals surface area (Å²) in [6, 6.07) is 84.5. The van der Waals surface area contributed by atoms with Gasteiger partial charge in [0.15, 0.2) is 0 Å². The molecule has 0 atom stereocenters. The summed E-state index contributed by atoms with van der Waals surface area (Å²) in [4.78, 5) is 2.53. The first-order valence-corrected chi connectivity index (χ1v) is 21.3. The SMILES string of the molecule is CC(C)(C)c1ccc(-c2ccccc2N(c2cc(-c3cccc4ccccc34)ccc2-c2ccccc2)c2ccccc2-c2cccc3cccc(-c4ccccc4)c23)cc1. The van der Waals surface area contributed by atoms with E-state index >= 15 is 0 Å². The molecule has 1 nitrogen and oxygen atoms in total. The number of anilines is 3. The minimum absolute atomic E-state index is 0.0483. The summed E-state index contributed by atoms with van der Waals surface area (Å²) < 4.78 is 0. The minimum atomic E-state index is 0.0483. The van der Waals surface area contributed by atoms with Crippen molar-refractivity contribution in [2.45, 2.75) is 26.2 Å². The van der Waals surface area contributed by atoms with Crippen LogP contribution in [-0.2, 0) is 5.41 Å². The topological polar surface area (TPSA) is 3.24 Å². The molecule has 0 aromatic heterocycles. The van der Waals surface area contributed by atoms with E-state index in [1.165, 1.54) is 54.9 Å². The van der Waals surface area contributed by atoms with Gasteiger partial charge in [-0.1, -0.05) is 233 Å². The van der Waals surface area contributed by atoms with Crippen LogP contribution in [0.2, 0.25) is 0 Å². The molecule has 0 saturated carbocycles. The van der Waals surface area contributed by atoms with Gasteiger partial charge in [-0.3, -0.25) is 0 Å². The van der Waals surface area contributed by atoms with Gasteiger partial charge in [0.25, 0.3) is 0 Å². The summed E-state index contributed by atoms with van der Waals surface area (Å²) in [5, 5.41) is 4.91. The Hall–Kier alpha value is -7.48. The van der Waals surface area contributed by atoms with Crippen LogP contribution in [0.4, 0.5) is 17.1 Å². The van der Waals surface area contributed by atoms with Crippen molar-refractivity contribution >= 4 is 38.6 Å². The second-order valence-corrected chi connectivity index (χ2v) is 16.9. The molecule has 292 valence electrons. The van der Waals surface area contributed by atoms with Crippen molar-refractivity contribution in [1.29, 1.82) is 0 Å². The molecule has 0 radical (unpaired) electrons. The van der Waals surface area contributed by atoms with E-state index in [9.17, 15) is 0 Å². The predicted octanol–water partition coefficient (Wildman–Crippen LogP) is 17.1. The van der Waals surface area contributed by atoms with Gasteiger partial charge >= 0.3 is 0 Å².